The van der Waals surface area contributed by atoms with Crippen molar-refractivity contribution in [2.45, 2.75) is 41.5 Å². The van der Waals surface area contributed by atoms with Gasteiger partial charge in [0.2, 0.25) is 0 Å². The third-order valence-electron chi connectivity index (χ3n) is 7.78. The van der Waals surface area contributed by atoms with E-state index in [4.69, 9.17) is 18.3 Å². The van der Waals surface area contributed by atoms with Crippen molar-refractivity contribution in [3.8, 4) is 33.8 Å². The minimum Gasteiger partial charge on any atom is -0.463 e. The van der Waals surface area contributed by atoms with E-state index in [2.05, 4.69) is 0 Å². The molecular formula is C38H32O8. The Hall–Kier alpha value is -5.76. The molecule has 6 rings (SSSR count). The number of hydrogen-bond acceptors (Lipinski definition) is 8. The zero-order valence-electron chi connectivity index (χ0n) is 26.3. The second-order valence-electron chi connectivity index (χ2n) is 11.0. The summed E-state index contributed by atoms with van der Waals surface area (Å²) in [5, 5.41) is 1.13. The SMILES string of the molecule is CC(=O)Oc1ccc(-c2coc3c(C)c(C)ccc3c2=O)cc1.CC(=O)Oc1ccc(-c2coc3c(C)c(C)ccc3c2=O)cc1. The smallest absolute Gasteiger partial charge is 0.308 e. The number of aryl methyl sites for hydroxylation is 4. The van der Waals surface area contributed by atoms with Gasteiger partial charge < -0.3 is 18.3 Å². The van der Waals surface area contributed by atoms with Crippen LogP contribution < -0.4 is 20.3 Å². The standard InChI is InChI=1S/2C19H16O4/c2*1-11-4-9-16-18(21)17(10-22-19(16)12(11)2)14-5-7-15(8-6-14)23-13(3)20/h2*4-10H,1-3H3. The zero-order chi connectivity index (χ0) is 33.1. The maximum absolute atomic E-state index is 12.7. The van der Waals surface area contributed by atoms with Gasteiger partial charge in [0.15, 0.2) is 10.9 Å². The molecule has 2 heterocycles. The van der Waals surface area contributed by atoms with Gasteiger partial charge in [-0.15, -0.1) is 0 Å². The first kappa shape index (κ1) is 31.7. The van der Waals surface area contributed by atoms with E-state index in [0.29, 0.717) is 44.6 Å². The summed E-state index contributed by atoms with van der Waals surface area (Å²) >= 11 is 0. The Kier molecular flexibility index (Phi) is 9.00. The number of ether oxygens (including phenoxy) is 2. The first-order valence-electron chi connectivity index (χ1n) is 14.6. The number of fused-ring (bicyclic) bond motifs is 2. The Labute approximate surface area is 264 Å². The topological polar surface area (TPSA) is 113 Å². The number of benzene rings is 4. The monoisotopic (exact) mass is 616 g/mol. The highest BCUT2D eigenvalue weighted by atomic mass is 16.5. The summed E-state index contributed by atoms with van der Waals surface area (Å²) in [5.74, 6) is 0.124. The minimum absolute atomic E-state index is 0.0745. The van der Waals surface area contributed by atoms with E-state index < -0.39 is 0 Å². The summed E-state index contributed by atoms with van der Waals surface area (Å²) < 4.78 is 21.4. The number of rotatable bonds is 4. The normalized spacial score (nSPS) is 10.7. The zero-order valence-corrected chi connectivity index (χ0v) is 26.3. The van der Waals surface area contributed by atoms with Gasteiger partial charge in [-0.25, -0.2) is 0 Å². The predicted octanol–water partition coefficient (Wildman–Crippen LogP) is 8.00. The number of hydrogen-bond donors (Lipinski definition) is 0. The third-order valence-corrected chi connectivity index (χ3v) is 7.78. The van der Waals surface area contributed by atoms with Gasteiger partial charge in [0.05, 0.1) is 21.9 Å². The quantitative estimate of drug-likeness (QED) is 0.145. The summed E-state index contributed by atoms with van der Waals surface area (Å²) in [4.78, 5) is 47.3. The molecule has 0 aliphatic heterocycles. The summed E-state index contributed by atoms with van der Waals surface area (Å²) in [6, 6.07) is 21.0. The van der Waals surface area contributed by atoms with Crippen LogP contribution in [-0.4, -0.2) is 11.9 Å². The highest BCUT2D eigenvalue weighted by Crippen LogP contribution is 2.26. The fourth-order valence-electron chi connectivity index (χ4n) is 5.01. The van der Waals surface area contributed by atoms with Crippen molar-refractivity contribution in [1.29, 1.82) is 0 Å². The molecule has 0 unspecified atom stereocenters. The van der Waals surface area contributed by atoms with Crippen LogP contribution in [0.4, 0.5) is 0 Å². The van der Waals surface area contributed by atoms with Gasteiger partial charge in [0.1, 0.15) is 35.2 Å². The summed E-state index contributed by atoms with van der Waals surface area (Å²) in [6.07, 6.45) is 2.97. The van der Waals surface area contributed by atoms with Crippen LogP contribution in [0, 0.1) is 27.7 Å². The molecule has 0 saturated heterocycles. The van der Waals surface area contributed by atoms with Crippen LogP contribution in [0.5, 0.6) is 11.5 Å². The van der Waals surface area contributed by atoms with E-state index in [1.54, 1.807) is 60.7 Å². The number of carbonyl (C=O) groups excluding carboxylic acids is 2. The van der Waals surface area contributed by atoms with Crippen LogP contribution >= 0.6 is 0 Å². The second kappa shape index (κ2) is 13.1. The van der Waals surface area contributed by atoms with Gasteiger partial charge in [0.25, 0.3) is 0 Å². The van der Waals surface area contributed by atoms with E-state index in [-0.39, 0.29) is 22.8 Å². The number of esters is 2. The summed E-state index contributed by atoms with van der Waals surface area (Å²) in [6.45, 7) is 10.5. The molecule has 0 aliphatic carbocycles. The lowest BCUT2D eigenvalue weighted by Gasteiger charge is -2.07. The van der Waals surface area contributed by atoms with E-state index in [1.807, 2.05) is 39.8 Å². The maximum atomic E-state index is 12.7. The molecule has 46 heavy (non-hydrogen) atoms. The maximum Gasteiger partial charge on any atom is 0.308 e. The van der Waals surface area contributed by atoms with Crippen LogP contribution in [0.15, 0.2) is 104 Å². The molecule has 0 aliphatic rings. The van der Waals surface area contributed by atoms with Crippen LogP contribution in [0.3, 0.4) is 0 Å². The molecule has 0 fully saturated rings. The molecule has 0 atom stereocenters. The molecule has 0 bridgehead atoms. The molecule has 0 saturated carbocycles. The average molecular weight is 617 g/mol. The minimum atomic E-state index is -0.381. The lowest BCUT2D eigenvalue weighted by Crippen LogP contribution is -2.06. The van der Waals surface area contributed by atoms with Crippen LogP contribution in [0.2, 0.25) is 0 Å². The van der Waals surface area contributed by atoms with Crippen molar-refractivity contribution in [2.24, 2.45) is 0 Å². The number of carbonyl (C=O) groups is 2. The lowest BCUT2D eigenvalue weighted by molar-refractivity contribution is -0.132. The summed E-state index contributed by atoms with van der Waals surface area (Å²) in [5.41, 5.74) is 7.59. The van der Waals surface area contributed by atoms with Crippen molar-refractivity contribution < 1.29 is 27.9 Å². The van der Waals surface area contributed by atoms with E-state index >= 15 is 0 Å². The first-order valence-corrected chi connectivity index (χ1v) is 14.6. The lowest BCUT2D eigenvalue weighted by atomic mass is 10.0. The highest BCUT2D eigenvalue weighted by Gasteiger charge is 2.13. The Morgan fingerprint density at radius 1 is 0.522 bits per heavy atom. The van der Waals surface area contributed by atoms with Crippen molar-refractivity contribution in [2.75, 3.05) is 0 Å². The van der Waals surface area contributed by atoms with E-state index in [0.717, 1.165) is 33.4 Å². The van der Waals surface area contributed by atoms with Gasteiger partial charge >= 0.3 is 11.9 Å². The molecule has 0 N–H and O–H groups in total. The van der Waals surface area contributed by atoms with E-state index in [1.165, 1.54) is 26.4 Å². The molecule has 232 valence electrons. The van der Waals surface area contributed by atoms with Gasteiger partial charge in [-0.2, -0.15) is 0 Å². The molecule has 8 nitrogen and oxygen atoms in total. The molecule has 0 amide bonds. The van der Waals surface area contributed by atoms with Gasteiger partial charge in [-0.3, -0.25) is 19.2 Å². The molecule has 0 spiro atoms. The van der Waals surface area contributed by atoms with Crippen LogP contribution in [0.25, 0.3) is 44.2 Å². The summed E-state index contributed by atoms with van der Waals surface area (Å²) in [7, 11) is 0. The van der Waals surface area contributed by atoms with Crippen molar-refractivity contribution >= 4 is 33.9 Å². The van der Waals surface area contributed by atoms with Crippen LogP contribution in [0.1, 0.15) is 36.1 Å². The van der Waals surface area contributed by atoms with Gasteiger partial charge in [0, 0.05) is 13.8 Å². The fourth-order valence-corrected chi connectivity index (χ4v) is 5.01. The average Bonchev–Trinajstić information content (AvgIpc) is 3.02. The van der Waals surface area contributed by atoms with Crippen LogP contribution in [-0.2, 0) is 9.59 Å². The Morgan fingerprint density at radius 2 is 0.870 bits per heavy atom. The second-order valence-corrected chi connectivity index (χ2v) is 11.0. The van der Waals surface area contributed by atoms with Crippen molar-refractivity contribution in [3.63, 3.8) is 0 Å². The molecular weight excluding hydrogens is 584 g/mol. The van der Waals surface area contributed by atoms with E-state index in [9.17, 15) is 19.2 Å². The molecule has 8 heteroatoms. The predicted molar refractivity (Wildman–Crippen MR) is 177 cm³/mol. The van der Waals surface area contributed by atoms with Crippen molar-refractivity contribution in [1.82, 2.24) is 0 Å². The van der Waals surface area contributed by atoms with Gasteiger partial charge in [-0.05, 0) is 97.5 Å². The Morgan fingerprint density at radius 3 is 1.20 bits per heavy atom. The largest absolute Gasteiger partial charge is 0.463 e. The highest BCUT2D eigenvalue weighted by molar-refractivity contribution is 5.86. The van der Waals surface area contributed by atoms with Gasteiger partial charge in [-0.1, -0.05) is 36.4 Å². The Bertz CT molecular complexity index is 2060. The fraction of sp³-hybridized carbons (Fsp3) is 0.158. The Balaban J connectivity index is 0.000000181. The molecule has 6 aromatic rings. The molecule has 0 radical (unpaired) electrons. The first-order chi connectivity index (χ1) is 21.9. The molecule has 4 aromatic carbocycles. The third kappa shape index (κ3) is 6.51. The molecule has 2 aromatic heterocycles. The van der Waals surface area contributed by atoms with Crippen molar-refractivity contribution in [3.05, 3.63) is 128 Å².